The molecule has 1 saturated carbocycles. The lowest BCUT2D eigenvalue weighted by Gasteiger charge is -2.32. The molecule has 1 aliphatic carbocycles. The molecule has 2 aliphatic rings. The fourth-order valence-electron chi connectivity index (χ4n) is 2.99. The van der Waals surface area contributed by atoms with E-state index in [0.29, 0.717) is 17.9 Å². The van der Waals surface area contributed by atoms with Gasteiger partial charge >= 0.3 is 0 Å². The summed E-state index contributed by atoms with van der Waals surface area (Å²) < 4.78 is 0. The van der Waals surface area contributed by atoms with Crippen LogP contribution in [0.4, 0.5) is 0 Å². The minimum absolute atomic E-state index is 0.303. The highest BCUT2D eigenvalue weighted by molar-refractivity contribution is 5.79. The van der Waals surface area contributed by atoms with Crippen LogP contribution in [0.5, 0.6) is 0 Å². The summed E-state index contributed by atoms with van der Waals surface area (Å²) in [6.45, 7) is 3.88. The van der Waals surface area contributed by atoms with Crippen molar-refractivity contribution in [2.45, 2.75) is 44.6 Å². The van der Waals surface area contributed by atoms with Crippen LogP contribution in [0.3, 0.4) is 0 Å². The van der Waals surface area contributed by atoms with E-state index < -0.39 is 0 Å². The van der Waals surface area contributed by atoms with E-state index in [0.717, 1.165) is 51.9 Å². The molecule has 98 valence electrons. The molecule has 0 spiro atoms. The molecule has 0 unspecified atom stereocenters. The normalized spacial score (nSPS) is 24.1. The van der Waals surface area contributed by atoms with Gasteiger partial charge < -0.3 is 16.0 Å². The molecule has 1 aliphatic heterocycles. The summed E-state index contributed by atoms with van der Waals surface area (Å²) in [6.07, 6.45) is 6.81. The maximum Gasteiger partial charge on any atom is 0.223 e. The number of hydrogen-bond donors (Lipinski definition) is 2. The molecular weight excluding hydrogens is 214 g/mol. The first-order chi connectivity index (χ1) is 8.29. The van der Waals surface area contributed by atoms with Gasteiger partial charge in [-0.25, -0.2) is 0 Å². The van der Waals surface area contributed by atoms with E-state index in [9.17, 15) is 4.79 Å². The summed E-state index contributed by atoms with van der Waals surface area (Å²) in [5, 5.41) is 3.23. The average molecular weight is 239 g/mol. The Morgan fingerprint density at radius 2 is 1.82 bits per heavy atom. The Labute approximate surface area is 104 Å². The van der Waals surface area contributed by atoms with Crippen molar-refractivity contribution in [2.24, 2.45) is 11.7 Å². The van der Waals surface area contributed by atoms with Crippen molar-refractivity contribution in [3.8, 4) is 0 Å². The molecule has 0 aromatic carbocycles. The van der Waals surface area contributed by atoms with Gasteiger partial charge in [0.2, 0.25) is 5.91 Å². The van der Waals surface area contributed by atoms with Crippen LogP contribution < -0.4 is 11.1 Å². The number of carbonyl (C=O) groups excluding carboxylic acids is 1. The zero-order chi connectivity index (χ0) is 12.1. The molecule has 1 heterocycles. The quantitative estimate of drug-likeness (QED) is 0.760. The Bertz CT molecular complexity index is 243. The van der Waals surface area contributed by atoms with Gasteiger partial charge in [-0.15, -0.1) is 0 Å². The van der Waals surface area contributed by atoms with Crippen molar-refractivity contribution in [3.63, 3.8) is 0 Å². The van der Waals surface area contributed by atoms with Crippen molar-refractivity contribution in [3.05, 3.63) is 0 Å². The molecule has 4 nitrogen and oxygen atoms in total. The molecule has 4 heteroatoms. The van der Waals surface area contributed by atoms with Gasteiger partial charge in [0.05, 0.1) is 0 Å². The summed E-state index contributed by atoms with van der Waals surface area (Å²) in [6, 6.07) is 0.400. The molecule has 17 heavy (non-hydrogen) atoms. The first kappa shape index (κ1) is 12.8. The van der Waals surface area contributed by atoms with Gasteiger partial charge in [-0.2, -0.15) is 0 Å². The number of nitrogens with one attached hydrogen (secondary N) is 1. The molecule has 0 aromatic heterocycles. The molecule has 3 N–H and O–H groups in total. The smallest absolute Gasteiger partial charge is 0.223 e. The van der Waals surface area contributed by atoms with E-state index in [1.807, 2.05) is 0 Å². The number of amides is 1. The highest BCUT2D eigenvalue weighted by Crippen LogP contribution is 2.25. The molecule has 1 amide bonds. The summed E-state index contributed by atoms with van der Waals surface area (Å²) in [5.41, 5.74) is 5.55. The third-order valence-corrected chi connectivity index (χ3v) is 4.11. The first-order valence-electron chi connectivity index (χ1n) is 7.02. The minimum atomic E-state index is 0.303. The van der Waals surface area contributed by atoms with Gasteiger partial charge in [-0.1, -0.05) is 12.8 Å². The van der Waals surface area contributed by atoms with Gasteiger partial charge in [0.1, 0.15) is 0 Å². The predicted molar refractivity (Wildman–Crippen MR) is 68.6 cm³/mol. The van der Waals surface area contributed by atoms with E-state index in [-0.39, 0.29) is 0 Å². The molecular formula is C13H25N3O. The topological polar surface area (TPSA) is 58.4 Å². The van der Waals surface area contributed by atoms with Crippen LogP contribution in [-0.2, 0) is 4.79 Å². The van der Waals surface area contributed by atoms with Crippen LogP contribution in [0.1, 0.15) is 38.5 Å². The number of nitrogens with zero attached hydrogens (tertiary/aromatic N) is 1. The van der Waals surface area contributed by atoms with Crippen molar-refractivity contribution in [1.29, 1.82) is 0 Å². The third kappa shape index (κ3) is 3.68. The number of carbonyl (C=O) groups is 1. The van der Waals surface area contributed by atoms with E-state index in [1.165, 1.54) is 12.8 Å². The van der Waals surface area contributed by atoms with Gasteiger partial charge in [0.25, 0.3) is 0 Å². The third-order valence-electron chi connectivity index (χ3n) is 4.11. The number of piperidine rings is 1. The lowest BCUT2D eigenvalue weighted by molar-refractivity contribution is -0.125. The largest absolute Gasteiger partial charge is 0.353 e. The fourth-order valence-corrected chi connectivity index (χ4v) is 2.99. The van der Waals surface area contributed by atoms with Crippen LogP contribution >= 0.6 is 0 Å². The maximum atomic E-state index is 12.0. The lowest BCUT2D eigenvalue weighted by atomic mass is 10.0. The Morgan fingerprint density at radius 3 is 2.41 bits per heavy atom. The van der Waals surface area contributed by atoms with Crippen molar-refractivity contribution in [1.82, 2.24) is 10.2 Å². The molecule has 1 saturated heterocycles. The highest BCUT2D eigenvalue weighted by atomic mass is 16.1. The standard InChI is InChI=1S/C13H25N3O/c14-7-10-16-8-5-12(6-9-16)15-13(17)11-3-1-2-4-11/h11-12H,1-10,14H2,(H,15,17). The van der Waals surface area contributed by atoms with E-state index in [2.05, 4.69) is 10.2 Å². The van der Waals surface area contributed by atoms with Crippen LogP contribution in [0.25, 0.3) is 0 Å². The Morgan fingerprint density at radius 1 is 1.18 bits per heavy atom. The maximum absolute atomic E-state index is 12.0. The van der Waals surface area contributed by atoms with Crippen LogP contribution in [0, 0.1) is 5.92 Å². The monoisotopic (exact) mass is 239 g/mol. The number of nitrogens with two attached hydrogens (primary N) is 1. The molecule has 2 fully saturated rings. The van der Waals surface area contributed by atoms with Crippen LogP contribution in [-0.4, -0.2) is 43.0 Å². The van der Waals surface area contributed by atoms with E-state index >= 15 is 0 Å². The van der Waals surface area contributed by atoms with Gasteiger partial charge in [-0.05, 0) is 25.7 Å². The van der Waals surface area contributed by atoms with Gasteiger partial charge in [0.15, 0.2) is 0 Å². The Hall–Kier alpha value is -0.610. The van der Waals surface area contributed by atoms with Crippen molar-refractivity contribution in [2.75, 3.05) is 26.2 Å². The number of likely N-dealkylation sites (tertiary alicyclic amines) is 1. The second-order valence-corrected chi connectivity index (χ2v) is 5.39. The minimum Gasteiger partial charge on any atom is -0.353 e. The van der Waals surface area contributed by atoms with Gasteiger partial charge in [0, 0.05) is 38.1 Å². The molecule has 0 radical (unpaired) electrons. The Kier molecular flexibility index (Phi) is 4.80. The second-order valence-electron chi connectivity index (χ2n) is 5.39. The van der Waals surface area contributed by atoms with E-state index in [1.54, 1.807) is 0 Å². The van der Waals surface area contributed by atoms with Crippen LogP contribution in [0.2, 0.25) is 0 Å². The lowest BCUT2D eigenvalue weighted by Crippen LogP contribution is -2.46. The zero-order valence-corrected chi connectivity index (χ0v) is 10.7. The highest BCUT2D eigenvalue weighted by Gasteiger charge is 2.26. The Balaban J connectivity index is 1.68. The van der Waals surface area contributed by atoms with Crippen molar-refractivity contribution < 1.29 is 4.79 Å². The van der Waals surface area contributed by atoms with Crippen molar-refractivity contribution >= 4 is 5.91 Å². The predicted octanol–water partition coefficient (Wildman–Crippen LogP) is 0.716. The summed E-state index contributed by atoms with van der Waals surface area (Å²) in [5.74, 6) is 0.608. The number of hydrogen-bond acceptors (Lipinski definition) is 3. The summed E-state index contributed by atoms with van der Waals surface area (Å²) >= 11 is 0. The van der Waals surface area contributed by atoms with Gasteiger partial charge in [-0.3, -0.25) is 4.79 Å². The molecule has 0 aromatic rings. The second kappa shape index (κ2) is 6.36. The molecule has 0 bridgehead atoms. The average Bonchev–Trinajstić information content (AvgIpc) is 2.86. The molecule has 2 rings (SSSR count). The van der Waals surface area contributed by atoms with Crippen LogP contribution in [0.15, 0.2) is 0 Å². The first-order valence-corrected chi connectivity index (χ1v) is 7.02. The van der Waals surface area contributed by atoms with E-state index in [4.69, 9.17) is 5.73 Å². The summed E-state index contributed by atoms with van der Waals surface area (Å²) in [4.78, 5) is 14.4. The summed E-state index contributed by atoms with van der Waals surface area (Å²) in [7, 11) is 0. The molecule has 0 atom stereocenters. The zero-order valence-electron chi connectivity index (χ0n) is 10.7. The number of rotatable bonds is 4. The SMILES string of the molecule is NCCN1CCC(NC(=O)C2CCCC2)CC1. The fraction of sp³-hybridized carbons (Fsp3) is 0.923.